The van der Waals surface area contributed by atoms with Gasteiger partial charge in [-0.1, -0.05) is 0 Å². The molecule has 3 rings (SSSR count). The fraction of sp³-hybridized carbons (Fsp3) is 0. The number of aromatic nitrogens is 3. The first-order valence-electron chi connectivity index (χ1n) is 4.78. The molecule has 0 atom stereocenters. The summed E-state index contributed by atoms with van der Waals surface area (Å²) < 4.78 is 3.80. The predicted octanol–water partition coefficient (Wildman–Crippen LogP) is 3.51. The first-order valence-corrected chi connectivity index (χ1v) is 6.41. The minimum absolute atomic E-state index is 0.0912. The summed E-state index contributed by atoms with van der Waals surface area (Å²) in [5, 5.41) is 9.70. The molecule has 0 spiro atoms. The molecule has 86 valence electrons. The van der Waals surface area contributed by atoms with Crippen molar-refractivity contribution in [3.63, 3.8) is 0 Å². The monoisotopic (exact) mass is 281 g/mol. The van der Waals surface area contributed by atoms with Gasteiger partial charge in [-0.15, -0.1) is 11.3 Å². The van der Waals surface area contributed by atoms with Crippen LogP contribution in [0, 0.1) is 8.73 Å². The van der Waals surface area contributed by atoms with Gasteiger partial charge >= 0.3 is 0 Å². The number of fused-ring (bicyclic) bond motifs is 1. The molecule has 0 unspecified atom stereocenters. The molecule has 4 nitrogen and oxygen atoms in total. The first-order chi connectivity index (χ1) is 8.15. The molecule has 0 bridgehead atoms. The largest absolute Gasteiger partial charge is 0.493 e. The van der Waals surface area contributed by atoms with Crippen molar-refractivity contribution in [1.82, 2.24) is 14.5 Å². The normalized spacial score (nSPS) is 11.1. The summed E-state index contributed by atoms with van der Waals surface area (Å²) >= 11 is 11.7. The first kappa shape index (κ1) is 10.7. The van der Waals surface area contributed by atoms with Crippen LogP contribution < -0.4 is 0 Å². The highest BCUT2D eigenvalue weighted by Gasteiger charge is 2.06. The van der Waals surface area contributed by atoms with E-state index in [4.69, 9.17) is 24.4 Å². The SMILES string of the molecule is Oc1c[nH]c(=S)n1-c1ccc2[nH]c(=S)sc2c1. The van der Waals surface area contributed by atoms with Gasteiger partial charge in [0.25, 0.3) is 0 Å². The quantitative estimate of drug-likeness (QED) is 0.598. The zero-order valence-electron chi connectivity index (χ0n) is 8.43. The smallest absolute Gasteiger partial charge is 0.214 e. The molecule has 0 aliphatic carbocycles. The lowest BCUT2D eigenvalue weighted by Crippen LogP contribution is -1.92. The number of benzene rings is 1. The van der Waals surface area contributed by atoms with Crippen molar-refractivity contribution in [2.75, 3.05) is 0 Å². The van der Waals surface area contributed by atoms with Crippen LogP contribution in [0.5, 0.6) is 5.88 Å². The topological polar surface area (TPSA) is 56.7 Å². The van der Waals surface area contributed by atoms with Crippen LogP contribution in [0.3, 0.4) is 0 Å². The maximum atomic E-state index is 9.70. The van der Waals surface area contributed by atoms with Gasteiger partial charge < -0.3 is 15.1 Å². The van der Waals surface area contributed by atoms with E-state index in [2.05, 4.69) is 9.97 Å². The Balaban J connectivity index is 2.31. The van der Waals surface area contributed by atoms with Gasteiger partial charge in [-0.25, -0.2) is 0 Å². The third-order valence-electron chi connectivity index (χ3n) is 2.42. The molecule has 17 heavy (non-hydrogen) atoms. The van der Waals surface area contributed by atoms with Crippen LogP contribution >= 0.6 is 35.8 Å². The van der Waals surface area contributed by atoms with Crippen molar-refractivity contribution in [2.24, 2.45) is 0 Å². The van der Waals surface area contributed by atoms with Crippen molar-refractivity contribution in [3.8, 4) is 11.6 Å². The third-order valence-corrected chi connectivity index (χ3v) is 3.92. The number of aromatic amines is 2. The minimum Gasteiger partial charge on any atom is -0.493 e. The number of rotatable bonds is 1. The van der Waals surface area contributed by atoms with Crippen molar-refractivity contribution in [3.05, 3.63) is 33.1 Å². The van der Waals surface area contributed by atoms with Gasteiger partial charge in [0.1, 0.15) is 0 Å². The molecule has 3 N–H and O–H groups in total. The number of hydrogen-bond donors (Lipinski definition) is 3. The highest BCUT2D eigenvalue weighted by atomic mass is 32.1. The van der Waals surface area contributed by atoms with Gasteiger partial charge in [-0.05, 0) is 42.6 Å². The minimum atomic E-state index is 0.0912. The second-order valence-electron chi connectivity index (χ2n) is 3.48. The van der Waals surface area contributed by atoms with Crippen molar-refractivity contribution in [1.29, 1.82) is 0 Å². The molecule has 0 aliphatic rings. The van der Waals surface area contributed by atoms with Gasteiger partial charge in [0.15, 0.2) is 8.73 Å². The van der Waals surface area contributed by atoms with E-state index < -0.39 is 0 Å². The fourth-order valence-corrected chi connectivity index (χ4v) is 3.09. The molecular formula is C10H7N3OS3. The van der Waals surface area contributed by atoms with E-state index in [1.165, 1.54) is 17.5 Å². The Morgan fingerprint density at radius 3 is 2.82 bits per heavy atom. The Kier molecular flexibility index (Phi) is 2.39. The number of H-pyrrole nitrogens is 2. The highest BCUT2D eigenvalue weighted by Crippen LogP contribution is 2.25. The van der Waals surface area contributed by atoms with E-state index >= 15 is 0 Å². The van der Waals surface area contributed by atoms with Gasteiger partial charge in [-0.2, -0.15) is 0 Å². The molecular weight excluding hydrogens is 274 g/mol. The van der Waals surface area contributed by atoms with Gasteiger partial charge in [0.05, 0.1) is 22.1 Å². The van der Waals surface area contributed by atoms with Crippen LogP contribution in [0.2, 0.25) is 0 Å². The standard InChI is InChI=1S/C10H7N3OS3/c14-8-4-11-9(15)13(8)5-1-2-6-7(3-5)17-10(16)12-6/h1-4,14H,(H,11,15)(H,12,16). The lowest BCUT2D eigenvalue weighted by atomic mass is 10.3. The Morgan fingerprint density at radius 2 is 2.12 bits per heavy atom. The summed E-state index contributed by atoms with van der Waals surface area (Å²) in [5.41, 5.74) is 1.80. The molecule has 3 aromatic rings. The molecule has 2 heterocycles. The molecule has 0 aliphatic heterocycles. The van der Waals surface area contributed by atoms with E-state index in [-0.39, 0.29) is 5.88 Å². The highest BCUT2D eigenvalue weighted by molar-refractivity contribution is 7.73. The summed E-state index contributed by atoms with van der Waals surface area (Å²) in [5.74, 6) is 0.0912. The number of aromatic hydroxyl groups is 1. The van der Waals surface area contributed by atoms with E-state index in [1.807, 2.05) is 18.2 Å². The molecule has 1 aromatic carbocycles. The zero-order chi connectivity index (χ0) is 12.0. The summed E-state index contributed by atoms with van der Waals surface area (Å²) in [6, 6.07) is 5.74. The predicted molar refractivity (Wildman–Crippen MR) is 73.2 cm³/mol. The Hall–Kier alpha value is -1.44. The third kappa shape index (κ3) is 1.72. The van der Waals surface area contributed by atoms with E-state index in [0.717, 1.165) is 19.9 Å². The zero-order valence-corrected chi connectivity index (χ0v) is 10.9. The molecule has 0 saturated carbocycles. The summed E-state index contributed by atoms with van der Waals surface area (Å²) in [4.78, 5) is 5.88. The molecule has 0 fully saturated rings. The van der Waals surface area contributed by atoms with Crippen LogP contribution in [-0.4, -0.2) is 19.6 Å². The average molecular weight is 281 g/mol. The lowest BCUT2D eigenvalue weighted by molar-refractivity contribution is 0.442. The maximum Gasteiger partial charge on any atom is 0.214 e. The Labute approximate surface area is 110 Å². The second kappa shape index (κ2) is 3.80. The number of nitrogens with zero attached hydrogens (tertiary/aromatic N) is 1. The molecule has 0 radical (unpaired) electrons. The molecule has 0 saturated heterocycles. The number of nitrogens with one attached hydrogen (secondary N) is 2. The second-order valence-corrected chi connectivity index (χ2v) is 5.59. The van der Waals surface area contributed by atoms with Crippen molar-refractivity contribution < 1.29 is 5.11 Å². The van der Waals surface area contributed by atoms with Crippen LogP contribution in [0.1, 0.15) is 0 Å². The summed E-state index contributed by atoms with van der Waals surface area (Å²) in [6.45, 7) is 0. The number of hydrogen-bond acceptors (Lipinski definition) is 4. The van der Waals surface area contributed by atoms with Gasteiger partial charge in [0, 0.05) is 0 Å². The van der Waals surface area contributed by atoms with E-state index in [1.54, 1.807) is 4.57 Å². The van der Waals surface area contributed by atoms with Crippen LogP contribution in [0.15, 0.2) is 24.4 Å². The summed E-state index contributed by atoms with van der Waals surface area (Å²) in [6.07, 6.45) is 1.46. The summed E-state index contributed by atoms with van der Waals surface area (Å²) in [7, 11) is 0. The lowest BCUT2D eigenvalue weighted by Gasteiger charge is -2.03. The Bertz CT molecular complexity index is 808. The molecule has 7 heteroatoms. The van der Waals surface area contributed by atoms with Crippen LogP contribution in [-0.2, 0) is 0 Å². The Morgan fingerprint density at radius 1 is 1.29 bits per heavy atom. The van der Waals surface area contributed by atoms with Gasteiger partial charge in [-0.3, -0.25) is 4.57 Å². The van der Waals surface area contributed by atoms with E-state index in [0.29, 0.717) is 4.77 Å². The van der Waals surface area contributed by atoms with Gasteiger partial charge in [0.2, 0.25) is 5.88 Å². The molecule has 2 aromatic heterocycles. The van der Waals surface area contributed by atoms with E-state index in [9.17, 15) is 5.11 Å². The van der Waals surface area contributed by atoms with Crippen LogP contribution in [0.4, 0.5) is 0 Å². The van der Waals surface area contributed by atoms with Crippen LogP contribution in [0.25, 0.3) is 15.9 Å². The number of imidazole rings is 1. The average Bonchev–Trinajstić information content (AvgIpc) is 2.80. The van der Waals surface area contributed by atoms with Crippen molar-refractivity contribution >= 4 is 46.0 Å². The van der Waals surface area contributed by atoms with Crippen molar-refractivity contribution in [2.45, 2.75) is 0 Å². The fourth-order valence-electron chi connectivity index (χ4n) is 1.68. The maximum absolute atomic E-state index is 9.70. The number of thiazole rings is 1. The molecule has 0 amide bonds.